The van der Waals surface area contributed by atoms with Crippen molar-refractivity contribution < 1.29 is 14.0 Å². The summed E-state index contributed by atoms with van der Waals surface area (Å²) < 4.78 is 22.8. The van der Waals surface area contributed by atoms with Crippen LogP contribution in [0.15, 0.2) is 114 Å². The van der Waals surface area contributed by atoms with Crippen LogP contribution in [0, 0.1) is 55.4 Å². The predicted octanol–water partition coefficient (Wildman–Crippen LogP) is 21.6. The first kappa shape index (κ1) is 79.2. The van der Waals surface area contributed by atoms with Gasteiger partial charge in [0.25, 0.3) is 0 Å². The van der Waals surface area contributed by atoms with Crippen molar-refractivity contribution in [2.45, 2.75) is 214 Å². The highest BCUT2D eigenvalue weighted by Crippen LogP contribution is 2.30. The van der Waals surface area contributed by atoms with E-state index in [-0.39, 0.29) is 0 Å². The van der Waals surface area contributed by atoms with Gasteiger partial charge in [-0.3, -0.25) is 14.0 Å². The lowest BCUT2D eigenvalue weighted by Gasteiger charge is -2.10. The van der Waals surface area contributed by atoms with E-state index in [0.717, 1.165) is 55.5 Å². The number of ether oxygens (including phenoxy) is 2. The normalized spacial score (nSPS) is 10.7. The Morgan fingerprint density at radius 2 is 0.967 bits per heavy atom. The van der Waals surface area contributed by atoms with E-state index in [0.29, 0.717) is 47.3 Å². The van der Waals surface area contributed by atoms with Gasteiger partial charge >= 0.3 is 0 Å². The van der Waals surface area contributed by atoms with Gasteiger partial charge in [-0.1, -0.05) is 188 Å². The van der Waals surface area contributed by atoms with Crippen LogP contribution < -0.4 is 9.47 Å². The van der Waals surface area contributed by atoms with Gasteiger partial charge in [-0.2, -0.15) is 20.4 Å². The van der Waals surface area contributed by atoms with Crippen molar-refractivity contribution in [3.8, 4) is 17.2 Å². The standard InChI is InChI=1S/C13H16N2.C11H16O.C10H13ClO.C10H13Cl.C9H16N2.C8H14N2.C8H13NO.C7H12N2/c1-10(2)13-9-14-15(11(13)3)12-7-5-4-6-8-12;1-8(2)11-6-5-10(12-4)7-9(11)3;1-7(2)9-5-4-8(12-3)6-10(9)11;1-7(2)9-6-4-5-8(3)10(9)11;1-6(2)9-7(3)10-11(5)8(9)4;1-6(2)8-5-10(4)9-7(8)3;1-5(2)8-6(3)9-10-7(8)4;1-6(2)7-4-8-9(3)5-7/h4-10H,1-3H3;5-8H,1-4H3;4-7H,1-3H3;4-7H,1-3H3;6H,1-5H3;5-6H,1-4H3;5H,1-4H3;4-6H,1-3H3. The molecule has 5 aromatic heterocycles. The lowest BCUT2D eigenvalue weighted by molar-refractivity contribution is 0.392. The second-order valence-electron chi connectivity index (χ2n) is 25.5. The van der Waals surface area contributed by atoms with E-state index < -0.39 is 0 Å². The Hall–Kier alpha value is -6.89. The number of rotatable bonds is 11. The molecule has 0 spiro atoms. The number of hydrogen-bond acceptors (Lipinski definition) is 8. The highest BCUT2D eigenvalue weighted by atomic mass is 35.5. The molecule has 9 aromatic rings. The monoisotopic (exact) mass is 1270 g/mol. The van der Waals surface area contributed by atoms with Crippen LogP contribution in [0.1, 0.15) is 248 Å². The highest BCUT2D eigenvalue weighted by Gasteiger charge is 2.14. The zero-order valence-corrected chi connectivity index (χ0v) is 62.0. The van der Waals surface area contributed by atoms with Gasteiger partial charge in [0.05, 0.1) is 49.4 Å². The molecule has 9 rings (SSSR count). The van der Waals surface area contributed by atoms with Gasteiger partial charge in [-0.15, -0.1) is 0 Å². The molecule has 0 aliphatic heterocycles. The highest BCUT2D eigenvalue weighted by molar-refractivity contribution is 6.32. The molecule has 12 nitrogen and oxygen atoms in total. The zero-order valence-electron chi connectivity index (χ0n) is 60.5. The molecule has 5 heterocycles. The molecule has 0 bridgehead atoms. The van der Waals surface area contributed by atoms with Gasteiger partial charge < -0.3 is 14.0 Å². The molecule has 494 valence electrons. The van der Waals surface area contributed by atoms with E-state index in [2.05, 4.69) is 214 Å². The summed E-state index contributed by atoms with van der Waals surface area (Å²) in [6.07, 6.45) is 8.00. The third kappa shape index (κ3) is 25.1. The molecule has 0 amide bonds. The molecule has 4 aromatic carbocycles. The maximum Gasteiger partial charge on any atom is 0.137 e. The van der Waals surface area contributed by atoms with Crippen LogP contribution in [-0.2, 0) is 21.1 Å². The van der Waals surface area contributed by atoms with E-state index in [9.17, 15) is 0 Å². The van der Waals surface area contributed by atoms with Gasteiger partial charge in [0.15, 0.2) is 0 Å². The Morgan fingerprint density at radius 1 is 0.433 bits per heavy atom. The largest absolute Gasteiger partial charge is 0.497 e. The van der Waals surface area contributed by atoms with Crippen molar-refractivity contribution in [2.24, 2.45) is 21.1 Å². The van der Waals surface area contributed by atoms with Gasteiger partial charge in [-0.25, -0.2) is 4.68 Å². The van der Waals surface area contributed by atoms with Crippen LogP contribution in [-0.4, -0.2) is 58.5 Å². The molecule has 0 N–H and O–H groups in total. The molecule has 0 radical (unpaired) electrons. The Kier molecular flexibility index (Phi) is 34.1. The lowest BCUT2D eigenvalue weighted by Crippen LogP contribution is -1.99. The Balaban J connectivity index is 0.000000352. The summed E-state index contributed by atoms with van der Waals surface area (Å²) in [4.78, 5) is 0. The van der Waals surface area contributed by atoms with E-state index in [4.69, 9.17) is 37.2 Å². The average molecular weight is 1270 g/mol. The van der Waals surface area contributed by atoms with Crippen molar-refractivity contribution in [1.29, 1.82) is 0 Å². The summed E-state index contributed by atoms with van der Waals surface area (Å²) in [6.45, 7) is 51.2. The van der Waals surface area contributed by atoms with Gasteiger partial charge in [0.1, 0.15) is 17.3 Å². The summed E-state index contributed by atoms with van der Waals surface area (Å²) in [6, 6.07) is 28.4. The second-order valence-corrected chi connectivity index (χ2v) is 26.3. The van der Waals surface area contributed by atoms with E-state index in [1.165, 1.54) is 61.6 Å². The van der Waals surface area contributed by atoms with Crippen LogP contribution in [0.25, 0.3) is 5.69 Å². The zero-order chi connectivity index (χ0) is 68.4. The van der Waals surface area contributed by atoms with Crippen LogP contribution >= 0.6 is 23.2 Å². The first-order valence-electron chi connectivity index (χ1n) is 31.8. The van der Waals surface area contributed by atoms with Crippen LogP contribution in [0.2, 0.25) is 10.0 Å². The molecule has 0 saturated carbocycles. The summed E-state index contributed by atoms with van der Waals surface area (Å²) >= 11 is 12.1. The number of methoxy groups -OCH3 is 2. The maximum absolute atomic E-state index is 6.09. The molecule has 14 heteroatoms. The lowest BCUT2D eigenvalue weighted by atomic mass is 9.98. The summed E-state index contributed by atoms with van der Waals surface area (Å²) in [7, 11) is 9.23. The molecule has 0 aliphatic carbocycles. The van der Waals surface area contributed by atoms with E-state index in [1.807, 2.05) is 128 Å². The molecular formula is C76H113Cl2N9O3. The van der Waals surface area contributed by atoms with Crippen molar-refractivity contribution >= 4 is 23.2 Å². The summed E-state index contributed by atoms with van der Waals surface area (Å²) in [5, 5.41) is 22.6. The smallest absolute Gasteiger partial charge is 0.137 e. The van der Waals surface area contributed by atoms with Gasteiger partial charge in [0, 0.05) is 60.5 Å². The minimum atomic E-state index is 0.461. The van der Waals surface area contributed by atoms with E-state index >= 15 is 0 Å². The first-order valence-corrected chi connectivity index (χ1v) is 32.6. The first-order chi connectivity index (χ1) is 42.1. The molecule has 0 unspecified atom stereocenters. The second kappa shape index (κ2) is 38.7. The average Bonchev–Trinajstić information content (AvgIpc) is 1.88. The van der Waals surface area contributed by atoms with Crippen LogP contribution in [0.5, 0.6) is 11.5 Å². The number of hydrogen-bond donors (Lipinski definition) is 0. The fourth-order valence-corrected chi connectivity index (χ4v) is 11.1. The molecule has 0 atom stereocenters. The molecule has 90 heavy (non-hydrogen) atoms. The number of para-hydroxylation sites is 1. The SMILES string of the molecule is CC(C)c1cnn(C)c1.COc1ccc(C(C)C)c(C)c1.COc1ccc(C(C)C)c(Cl)c1.Cc1c(C(C)C)cnn1-c1ccccc1.Cc1cccc(C(C)C)c1Cl.Cc1nn(C)c(C)c1C(C)C.Cc1nn(C)cc1C(C)C.Cc1noc(C)c1C(C)C. The fraction of sp³-hybridized carbons (Fsp3) is 0.487. The van der Waals surface area contributed by atoms with Crippen molar-refractivity contribution in [3.05, 3.63) is 210 Å². The summed E-state index contributed by atoms with van der Waals surface area (Å²) in [5.41, 5.74) is 19.9. The number of benzene rings is 4. The molecule has 0 fully saturated rings. The number of halogens is 2. The minimum Gasteiger partial charge on any atom is -0.497 e. The number of nitrogens with zero attached hydrogens (tertiary/aromatic N) is 9. The van der Waals surface area contributed by atoms with Crippen molar-refractivity contribution in [2.75, 3.05) is 14.2 Å². The van der Waals surface area contributed by atoms with Crippen LogP contribution in [0.4, 0.5) is 0 Å². The van der Waals surface area contributed by atoms with Gasteiger partial charge in [0.2, 0.25) is 0 Å². The number of aromatic nitrogens is 9. The maximum atomic E-state index is 6.09. The molecule has 0 aliphatic rings. The van der Waals surface area contributed by atoms with E-state index in [1.54, 1.807) is 14.2 Å². The Labute approximate surface area is 554 Å². The van der Waals surface area contributed by atoms with Crippen LogP contribution in [0.3, 0.4) is 0 Å². The van der Waals surface area contributed by atoms with Crippen molar-refractivity contribution in [3.63, 3.8) is 0 Å². The predicted molar refractivity (Wildman–Crippen MR) is 383 cm³/mol. The Bertz CT molecular complexity index is 3420. The number of aryl methyl sites for hydroxylation is 9. The third-order valence-electron chi connectivity index (χ3n) is 15.3. The quantitative estimate of drug-likeness (QED) is 0.126. The summed E-state index contributed by atoms with van der Waals surface area (Å²) in [5.74, 6) is 7.10. The van der Waals surface area contributed by atoms with Crippen molar-refractivity contribution in [1.82, 2.24) is 44.3 Å². The molecular weight excluding hydrogens is 1160 g/mol. The Morgan fingerprint density at radius 3 is 1.30 bits per heavy atom. The third-order valence-corrected chi connectivity index (χ3v) is 16.2. The van der Waals surface area contributed by atoms with Gasteiger partial charge in [-0.05, 0) is 189 Å². The topological polar surface area (TPSA) is 116 Å². The minimum absolute atomic E-state index is 0.461. The molecule has 0 saturated heterocycles. The fourth-order valence-electron chi connectivity index (χ4n) is 10.3.